The van der Waals surface area contributed by atoms with Crippen molar-refractivity contribution in [2.24, 2.45) is 0 Å². The highest BCUT2D eigenvalue weighted by Gasteiger charge is 2.15. The molecule has 0 amide bonds. The van der Waals surface area contributed by atoms with E-state index in [2.05, 4.69) is 19.1 Å². The summed E-state index contributed by atoms with van der Waals surface area (Å²) in [5, 5.41) is 0. The van der Waals surface area contributed by atoms with Crippen molar-refractivity contribution in [2.75, 3.05) is 13.2 Å². The van der Waals surface area contributed by atoms with Gasteiger partial charge in [0.25, 0.3) is 0 Å². The van der Waals surface area contributed by atoms with Crippen molar-refractivity contribution >= 4 is 8.60 Å². The highest BCUT2D eigenvalue weighted by Crippen LogP contribution is 2.41. The van der Waals surface area contributed by atoms with Crippen molar-refractivity contribution in [1.29, 1.82) is 0 Å². The van der Waals surface area contributed by atoms with Crippen LogP contribution in [0.5, 0.6) is 5.75 Å². The Hall–Kier alpha value is -0.630. The Balaban J connectivity index is 2.46. The SMILES string of the molecule is CCCCCCCCc1ccccc1OP(OCC)OCC. The summed E-state index contributed by atoms with van der Waals surface area (Å²) in [5.74, 6) is 0.907. The lowest BCUT2D eigenvalue weighted by atomic mass is 10.0. The maximum atomic E-state index is 5.94. The molecular formula is C18H31O3P. The molecule has 0 aliphatic rings. The first-order chi connectivity index (χ1) is 10.8. The minimum absolute atomic E-state index is 0.602. The van der Waals surface area contributed by atoms with Crippen molar-refractivity contribution in [2.45, 2.75) is 65.7 Å². The molecule has 0 aliphatic heterocycles. The normalized spacial score (nSPS) is 11.1. The standard InChI is InChI=1S/C18H31O3P/c1-4-7-8-9-10-11-14-17-15-12-13-16-18(17)21-22(19-5-2)20-6-3/h12-13,15-16H,4-11,14H2,1-3H3. The van der Waals surface area contributed by atoms with Crippen molar-refractivity contribution in [1.82, 2.24) is 0 Å². The fraction of sp³-hybridized carbons (Fsp3) is 0.667. The van der Waals surface area contributed by atoms with Gasteiger partial charge in [-0.05, 0) is 38.3 Å². The average Bonchev–Trinajstić information content (AvgIpc) is 2.53. The summed E-state index contributed by atoms with van der Waals surface area (Å²) in [4.78, 5) is 0. The van der Waals surface area contributed by atoms with Crippen LogP contribution in [0, 0.1) is 0 Å². The molecule has 4 heteroatoms. The average molecular weight is 326 g/mol. The van der Waals surface area contributed by atoms with Gasteiger partial charge in [0, 0.05) is 0 Å². The molecule has 1 aromatic carbocycles. The second-order valence-corrected chi connectivity index (χ2v) is 6.42. The Morgan fingerprint density at radius 3 is 2.14 bits per heavy atom. The van der Waals surface area contributed by atoms with E-state index in [0.717, 1.165) is 12.2 Å². The van der Waals surface area contributed by atoms with Crippen LogP contribution in [-0.2, 0) is 15.5 Å². The summed E-state index contributed by atoms with van der Waals surface area (Å²) in [6.45, 7) is 7.37. The molecule has 0 unspecified atom stereocenters. The van der Waals surface area contributed by atoms with E-state index in [9.17, 15) is 0 Å². The first-order valence-corrected chi connectivity index (χ1v) is 9.73. The van der Waals surface area contributed by atoms with Gasteiger partial charge in [0.1, 0.15) is 5.75 Å². The Kier molecular flexibility index (Phi) is 11.4. The molecule has 3 nitrogen and oxygen atoms in total. The van der Waals surface area contributed by atoms with E-state index in [1.807, 2.05) is 26.0 Å². The van der Waals surface area contributed by atoms with Gasteiger partial charge in [0.15, 0.2) is 0 Å². The van der Waals surface area contributed by atoms with Crippen LogP contribution < -0.4 is 4.52 Å². The lowest BCUT2D eigenvalue weighted by Crippen LogP contribution is -1.99. The fourth-order valence-electron chi connectivity index (χ4n) is 2.28. The number of unbranched alkanes of at least 4 members (excludes halogenated alkanes) is 5. The summed E-state index contributed by atoms with van der Waals surface area (Å²) in [5.41, 5.74) is 1.25. The van der Waals surface area contributed by atoms with Gasteiger partial charge >= 0.3 is 8.60 Å². The zero-order valence-electron chi connectivity index (χ0n) is 14.3. The number of benzene rings is 1. The maximum Gasteiger partial charge on any atom is 0.397 e. The van der Waals surface area contributed by atoms with Crippen LogP contribution in [0.15, 0.2) is 24.3 Å². The summed E-state index contributed by atoms with van der Waals surface area (Å²) < 4.78 is 17.0. The van der Waals surface area contributed by atoms with E-state index in [4.69, 9.17) is 13.6 Å². The van der Waals surface area contributed by atoms with Crippen molar-refractivity contribution in [3.05, 3.63) is 29.8 Å². The monoisotopic (exact) mass is 326 g/mol. The van der Waals surface area contributed by atoms with Crippen LogP contribution in [0.3, 0.4) is 0 Å². The fourth-order valence-corrected chi connectivity index (χ4v) is 3.22. The Bertz CT molecular complexity index is 378. The molecule has 0 spiro atoms. The van der Waals surface area contributed by atoms with Gasteiger partial charge in [-0.15, -0.1) is 0 Å². The Morgan fingerprint density at radius 2 is 1.45 bits per heavy atom. The summed E-state index contributed by atoms with van der Waals surface area (Å²) in [6, 6.07) is 8.24. The van der Waals surface area contributed by atoms with E-state index in [1.54, 1.807) is 0 Å². The number of aryl methyl sites for hydroxylation is 1. The lowest BCUT2D eigenvalue weighted by Gasteiger charge is -2.17. The number of hydrogen-bond acceptors (Lipinski definition) is 3. The molecule has 22 heavy (non-hydrogen) atoms. The molecule has 0 atom stereocenters. The van der Waals surface area contributed by atoms with E-state index >= 15 is 0 Å². The van der Waals surface area contributed by atoms with Gasteiger partial charge in [-0.3, -0.25) is 0 Å². The second-order valence-electron chi connectivity index (χ2n) is 5.28. The van der Waals surface area contributed by atoms with Gasteiger partial charge < -0.3 is 13.6 Å². The van der Waals surface area contributed by atoms with Gasteiger partial charge in [0.05, 0.1) is 13.2 Å². The van der Waals surface area contributed by atoms with Gasteiger partial charge in [-0.25, -0.2) is 0 Å². The number of hydrogen-bond donors (Lipinski definition) is 0. The molecule has 126 valence electrons. The molecule has 1 aromatic rings. The molecule has 0 aliphatic carbocycles. The molecule has 0 saturated heterocycles. The van der Waals surface area contributed by atoms with Crippen LogP contribution in [-0.4, -0.2) is 13.2 Å². The maximum absolute atomic E-state index is 5.94. The predicted molar refractivity (Wildman–Crippen MR) is 94.3 cm³/mol. The third kappa shape index (κ3) is 8.12. The van der Waals surface area contributed by atoms with E-state index in [0.29, 0.717) is 13.2 Å². The second kappa shape index (κ2) is 12.9. The molecule has 0 aromatic heterocycles. The lowest BCUT2D eigenvalue weighted by molar-refractivity contribution is 0.221. The third-order valence-corrected chi connectivity index (χ3v) is 4.70. The van der Waals surface area contributed by atoms with E-state index < -0.39 is 8.60 Å². The van der Waals surface area contributed by atoms with Crippen LogP contribution in [0.25, 0.3) is 0 Å². The summed E-state index contributed by atoms with van der Waals surface area (Å²) in [7, 11) is -1.28. The van der Waals surface area contributed by atoms with Crippen molar-refractivity contribution in [3.63, 3.8) is 0 Å². The minimum Gasteiger partial charge on any atom is -0.426 e. The Labute approximate surface area is 137 Å². The molecule has 0 heterocycles. The summed E-state index contributed by atoms with van der Waals surface area (Å²) >= 11 is 0. The zero-order chi connectivity index (χ0) is 16.0. The van der Waals surface area contributed by atoms with Crippen LogP contribution in [0.4, 0.5) is 0 Å². The third-order valence-electron chi connectivity index (χ3n) is 3.41. The summed E-state index contributed by atoms with van der Waals surface area (Å²) in [6.07, 6.45) is 8.91. The van der Waals surface area contributed by atoms with Gasteiger partial charge in [-0.1, -0.05) is 57.2 Å². The number of para-hydroxylation sites is 1. The first kappa shape index (κ1) is 19.4. The molecule has 1 rings (SSSR count). The number of rotatable bonds is 13. The van der Waals surface area contributed by atoms with E-state index in [1.165, 1.54) is 44.1 Å². The smallest absolute Gasteiger partial charge is 0.397 e. The molecule has 0 N–H and O–H groups in total. The molecule has 0 saturated carbocycles. The van der Waals surface area contributed by atoms with Crippen LogP contribution in [0.2, 0.25) is 0 Å². The zero-order valence-corrected chi connectivity index (χ0v) is 15.2. The predicted octanol–water partition coefficient (Wildman–Crippen LogP) is 6.27. The highest BCUT2D eigenvalue weighted by atomic mass is 31.2. The molecule has 0 fully saturated rings. The van der Waals surface area contributed by atoms with Gasteiger partial charge in [0.2, 0.25) is 0 Å². The van der Waals surface area contributed by atoms with Gasteiger partial charge in [-0.2, -0.15) is 0 Å². The molecule has 0 bridgehead atoms. The minimum atomic E-state index is -1.28. The molecular weight excluding hydrogens is 295 g/mol. The van der Waals surface area contributed by atoms with Crippen molar-refractivity contribution in [3.8, 4) is 5.75 Å². The van der Waals surface area contributed by atoms with Crippen LogP contribution in [0.1, 0.15) is 64.9 Å². The van der Waals surface area contributed by atoms with Crippen LogP contribution >= 0.6 is 8.60 Å². The molecule has 0 radical (unpaired) electrons. The Morgan fingerprint density at radius 1 is 0.818 bits per heavy atom. The quantitative estimate of drug-likeness (QED) is 0.316. The van der Waals surface area contributed by atoms with Crippen molar-refractivity contribution < 1.29 is 13.6 Å². The van der Waals surface area contributed by atoms with E-state index in [-0.39, 0.29) is 0 Å². The highest BCUT2D eigenvalue weighted by molar-refractivity contribution is 7.42. The first-order valence-electron chi connectivity index (χ1n) is 8.63. The topological polar surface area (TPSA) is 27.7 Å². The largest absolute Gasteiger partial charge is 0.426 e.